The van der Waals surface area contributed by atoms with Gasteiger partial charge in [-0.3, -0.25) is 9.59 Å². The lowest BCUT2D eigenvalue weighted by Gasteiger charge is -2.02. The second-order valence-electron chi connectivity index (χ2n) is 3.88. The Kier molecular flexibility index (Phi) is 3.24. The molecule has 2 rings (SSSR count). The van der Waals surface area contributed by atoms with Crippen LogP contribution in [-0.2, 0) is 0 Å². The third kappa shape index (κ3) is 2.07. The molecule has 3 heteroatoms. The Labute approximate surface area is 100 Å². The molecule has 0 radical (unpaired) electrons. The summed E-state index contributed by atoms with van der Waals surface area (Å²) in [5, 5.41) is 0. The summed E-state index contributed by atoms with van der Waals surface area (Å²) in [5.74, 6) is 2.24. The Morgan fingerprint density at radius 3 is 2.24 bits per heavy atom. The second-order valence-corrected chi connectivity index (χ2v) is 3.88. The number of nitrogens with zero attached hydrogens (tertiary/aromatic N) is 1. The zero-order valence-electron chi connectivity index (χ0n) is 9.69. The van der Waals surface area contributed by atoms with Gasteiger partial charge in [-0.1, -0.05) is 31.4 Å². The van der Waals surface area contributed by atoms with Crippen LogP contribution in [0.2, 0.25) is 0 Å². The van der Waals surface area contributed by atoms with Gasteiger partial charge in [-0.25, -0.2) is 0 Å². The van der Waals surface area contributed by atoms with E-state index in [9.17, 15) is 9.59 Å². The molecular formula is C14H13NO2. The number of carbonyl (C=O) groups excluding carboxylic acids is 2. The van der Waals surface area contributed by atoms with Crippen molar-refractivity contribution in [1.29, 1.82) is 0 Å². The smallest absolute Gasteiger partial charge is 0.267 e. The average molecular weight is 227 g/mol. The molecule has 86 valence electrons. The minimum Gasteiger partial charge on any atom is -0.267 e. The first-order chi connectivity index (χ1) is 8.25. The quantitative estimate of drug-likeness (QED) is 0.442. The van der Waals surface area contributed by atoms with Crippen molar-refractivity contribution < 1.29 is 9.59 Å². The SMILES string of the molecule is CCCCC#CN1C(=O)c2ccccc2C1=O. The number of imide groups is 1. The van der Waals surface area contributed by atoms with E-state index in [4.69, 9.17) is 0 Å². The lowest BCUT2D eigenvalue weighted by molar-refractivity contribution is 0.0735. The largest absolute Gasteiger partial charge is 0.273 e. The normalized spacial score (nSPS) is 13.4. The standard InChI is InChI=1S/C14H13NO2/c1-2-3-4-7-10-15-13(16)11-8-5-6-9-12(11)14(15)17/h5-6,8-9H,2-4H2,1H3. The Morgan fingerprint density at radius 1 is 1.12 bits per heavy atom. The number of benzene rings is 1. The van der Waals surface area contributed by atoms with Crippen LogP contribution in [-0.4, -0.2) is 16.7 Å². The molecule has 0 aromatic heterocycles. The summed E-state index contributed by atoms with van der Waals surface area (Å²) in [7, 11) is 0. The van der Waals surface area contributed by atoms with Gasteiger partial charge >= 0.3 is 0 Å². The van der Waals surface area contributed by atoms with Crippen LogP contribution in [0.15, 0.2) is 24.3 Å². The van der Waals surface area contributed by atoms with Crippen molar-refractivity contribution in [3.8, 4) is 12.0 Å². The molecule has 0 unspecified atom stereocenters. The number of carbonyl (C=O) groups is 2. The molecule has 0 spiro atoms. The molecule has 1 aliphatic rings. The number of unbranched alkanes of at least 4 members (excludes halogenated alkanes) is 2. The molecule has 0 N–H and O–H groups in total. The maximum absolute atomic E-state index is 11.9. The van der Waals surface area contributed by atoms with Crippen molar-refractivity contribution in [2.75, 3.05) is 0 Å². The van der Waals surface area contributed by atoms with Crippen LogP contribution < -0.4 is 0 Å². The zero-order chi connectivity index (χ0) is 12.3. The molecule has 0 bridgehead atoms. The van der Waals surface area contributed by atoms with Gasteiger partial charge in [0.2, 0.25) is 0 Å². The van der Waals surface area contributed by atoms with Gasteiger partial charge < -0.3 is 0 Å². The van der Waals surface area contributed by atoms with Crippen LogP contribution in [0.3, 0.4) is 0 Å². The van der Waals surface area contributed by atoms with Crippen LogP contribution in [0, 0.1) is 12.0 Å². The van der Waals surface area contributed by atoms with Gasteiger partial charge in [0.1, 0.15) is 0 Å². The highest BCUT2D eigenvalue weighted by Crippen LogP contribution is 2.21. The third-order valence-corrected chi connectivity index (χ3v) is 2.64. The van der Waals surface area contributed by atoms with E-state index in [0.717, 1.165) is 17.7 Å². The summed E-state index contributed by atoms with van der Waals surface area (Å²) in [6.45, 7) is 2.07. The maximum Gasteiger partial charge on any atom is 0.273 e. The number of hydrogen-bond donors (Lipinski definition) is 0. The fourth-order valence-corrected chi connectivity index (χ4v) is 1.69. The highest BCUT2D eigenvalue weighted by Gasteiger charge is 2.34. The summed E-state index contributed by atoms with van der Waals surface area (Å²) < 4.78 is 0. The topological polar surface area (TPSA) is 37.4 Å². The van der Waals surface area contributed by atoms with Gasteiger partial charge in [0.05, 0.1) is 11.1 Å². The lowest BCUT2D eigenvalue weighted by atomic mass is 10.1. The van der Waals surface area contributed by atoms with E-state index in [1.54, 1.807) is 24.3 Å². The van der Waals surface area contributed by atoms with Crippen LogP contribution in [0.4, 0.5) is 0 Å². The minimum absolute atomic E-state index is 0.311. The number of hydrogen-bond acceptors (Lipinski definition) is 2. The zero-order valence-corrected chi connectivity index (χ0v) is 9.69. The Morgan fingerprint density at radius 2 is 1.71 bits per heavy atom. The predicted octanol–water partition coefficient (Wildman–Crippen LogP) is 2.43. The van der Waals surface area contributed by atoms with E-state index in [1.807, 2.05) is 0 Å². The Hall–Kier alpha value is -2.08. The Bertz CT molecular complexity index is 488. The Balaban J connectivity index is 2.21. The van der Waals surface area contributed by atoms with E-state index >= 15 is 0 Å². The molecule has 1 aromatic carbocycles. The highest BCUT2D eigenvalue weighted by atomic mass is 16.2. The molecule has 1 aliphatic heterocycles. The molecule has 2 amide bonds. The van der Waals surface area contributed by atoms with Crippen LogP contribution in [0.25, 0.3) is 0 Å². The van der Waals surface area contributed by atoms with Crippen molar-refractivity contribution in [1.82, 2.24) is 4.90 Å². The van der Waals surface area contributed by atoms with Crippen LogP contribution >= 0.6 is 0 Å². The molecule has 17 heavy (non-hydrogen) atoms. The van der Waals surface area contributed by atoms with Gasteiger partial charge in [-0.15, -0.1) is 0 Å². The monoisotopic (exact) mass is 227 g/mol. The summed E-state index contributed by atoms with van der Waals surface area (Å²) in [5.41, 5.74) is 0.893. The van der Waals surface area contributed by atoms with E-state index in [2.05, 4.69) is 18.9 Å². The first kappa shape index (κ1) is 11.4. The average Bonchev–Trinajstić information content (AvgIpc) is 2.60. The molecule has 0 saturated carbocycles. The van der Waals surface area contributed by atoms with Crippen molar-refractivity contribution >= 4 is 11.8 Å². The van der Waals surface area contributed by atoms with Gasteiger partial charge in [0.15, 0.2) is 0 Å². The molecule has 1 heterocycles. The molecule has 0 fully saturated rings. The fourth-order valence-electron chi connectivity index (χ4n) is 1.69. The van der Waals surface area contributed by atoms with Gasteiger partial charge in [-0.05, 0) is 18.6 Å². The first-order valence-electron chi connectivity index (χ1n) is 5.72. The molecule has 1 aromatic rings. The third-order valence-electron chi connectivity index (χ3n) is 2.64. The first-order valence-corrected chi connectivity index (χ1v) is 5.72. The van der Waals surface area contributed by atoms with E-state index in [-0.39, 0.29) is 11.8 Å². The molecule has 0 saturated heterocycles. The summed E-state index contributed by atoms with van der Waals surface area (Å²) in [6.07, 6.45) is 2.75. The number of amides is 2. The second kappa shape index (κ2) is 4.84. The van der Waals surface area contributed by atoms with Crippen molar-refractivity contribution in [2.45, 2.75) is 26.2 Å². The molecule has 0 aliphatic carbocycles. The number of fused-ring (bicyclic) bond motifs is 1. The summed E-state index contributed by atoms with van der Waals surface area (Å²) in [4.78, 5) is 24.8. The maximum atomic E-state index is 11.9. The van der Waals surface area contributed by atoms with Gasteiger partial charge in [0.25, 0.3) is 11.8 Å². The summed E-state index contributed by atoms with van der Waals surface area (Å²) in [6, 6.07) is 9.46. The fraction of sp³-hybridized carbons (Fsp3) is 0.286. The molecule has 0 atom stereocenters. The lowest BCUT2D eigenvalue weighted by Crippen LogP contribution is -2.24. The van der Waals surface area contributed by atoms with Gasteiger partial charge in [-0.2, -0.15) is 4.90 Å². The van der Waals surface area contributed by atoms with Crippen molar-refractivity contribution in [2.24, 2.45) is 0 Å². The van der Waals surface area contributed by atoms with Crippen molar-refractivity contribution in [3.63, 3.8) is 0 Å². The highest BCUT2D eigenvalue weighted by molar-refractivity contribution is 6.22. The van der Waals surface area contributed by atoms with E-state index in [0.29, 0.717) is 17.5 Å². The molecular weight excluding hydrogens is 214 g/mol. The van der Waals surface area contributed by atoms with Gasteiger partial charge in [0, 0.05) is 12.5 Å². The minimum atomic E-state index is -0.311. The molecule has 3 nitrogen and oxygen atoms in total. The predicted molar refractivity (Wildman–Crippen MR) is 64.2 cm³/mol. The number of rotatable bonds is 2. The summed E-state index contributed by atoms with van der Waals surface area (Å²) >= 11 is 0. The van der Waals surface area contributed by atoms with Crippen LogP contribution in [0.1, 0.15) is 46.9 Å². The van der Waals surface area contributed by atoms with E-state index in [1.165, 1.54) is 0 Å². The van der Waals surface area contributed by atoms with Crippen molar-refractivity contribution in [3.05, 3.63) is 35.4 Å². The van der Waals surface area contributed by atoms with Crippen LogP contribution in [0.5, 0.6) is 0 Å². The van der Waals surface area contributed by atoms with E-state index < -0.39 is 0 Å².